The van der Waals surface area contributed by atoms with Gasteiger partial charge in [0.15, 0.2) is 0 Å². The number of ether oxygens (including phenoxy) is 2. The van der Waals surface area contributed by atoms with Gasteiger partial charge in [-0.3, -0.25) is 5.32 Å². The first-order chi connectivity index (χ1) is 15.1. The number of nitrogens with zero attached hydrogens (tertiary/aromatic N) is 2. The lowest BCUT2D eigenvalue weighted by atomic mass is 10.1. The summed E-state index contributed by atoms with van der Waals surface area (Å²) in [6.45, 7) is 5.79. The predicted molar refractivity (Wildman–Crippen MR) is 121 cm³/mol. The Hall–Kier alpha value is -3.46. The van der Waals surface area contributed by atoms with Gasteiger partial charge in [-0.15, -0.1) is 0 Å². The van der Waals surface area contributed by atoms with Crippen LogP contribution in [0, 0.1) is 17.2 Å². The van der Waals surface area contributed by atoms with Gasteiger partial charge in [-0.05, 0) is 61.9 Å². The van der Waals surface area contributed by atoms with Crippen molar-refractivity contribution in [3.8, 4) is 23.1 Å². The molecule has 1 N–H and O–H groups in total. The van der Waals surface area contributed by atoms with E-state index in [-0.39, 0.29) is 0 Å². The van der Waals surface area contributed by atoms with Crippen molar-refractivity contribution >= 4 is 22.7 Å². The summed E-state index contributed by atoms with van der Waals surface area (Å²) < 4.78 is 13.0. The summed E-state index contributed by atoms with van der Waals surface area (Å²) in [5, 5.41) is 13.7. The first-order valence-electron chi connectivity index (χ1n) is 10.9. The Bertz CT molecular complexity index is 1120. The zero-order valence-corrected chi connectivity index (χ0v) is 18.0. The fraction of sp³-hybridized carbons (Fsp3) is 0.360. The van der Waals surface area contributed by atoms with Gasteiger partial charge >= 0.3 is 6.09 Å². The van der Waals surface area contributed by atoms with Gasteiger partial charge in [0.2, 0.25) is 0 Å². The van der Waals surface area contributed by atoms with Crippen LogP contribution in [0.5, 0.6) is 5.75 Å². The molecule has 6 heteroatoms. The van der Waals surface area contributed by atoms with Crippen LogP contribution < -0.4 is 10.1 Å². The number of rotatable bonds is 8. The summed E-state index contributed by atoms with van der Waals surface area (Å²) in [5.41, 5.74) is 4.21. The van der Waals surface area contributed by atoms with E-state index in [9.17, 15) is 10.1 Å². The first-order valence-corrected chi connectivity index (χ1v) is 10.9. The number of benzene rings is 2. The highest BCUT2D eigenvalue weighted by molar-refractivity contribution is 5.95. The fourth-order valence-electron chi connectivity index (χ4n) is 3.81. The van der Waals surface area contributed by atoms with Crippen molar-refractivity contribution in [2.45, 2.75) is 39.7 Å². The number of fused-ring (bicyclic) bond motifs is 1. The minimum atomic E-state index is -0.460. The molecule has 6 nitrogen and oxygen atoms in total. The van der Waals surface area contributed by atoms with Crippen molar-refractivity contribution in [1.82, 2.24) is 4.57 Å². The van der Waals surface area contributed by atoms with E-state index in [4.69, 9.17) is 9.47 Å². The second kappa shape index (κ2) is 9.13. The number of nitriles is 1. The highest BCUT2D eigenvalue weighted by Gasteiger charge is 2.26. The number of hydrogen-bond donors (Lipinski definition) is 1. The molecule has 1 aliphatic carbocycles. The van der Waals surface area contributed by atoms with Gasteiger partial charge in [-0.1, -0.05) is 19.1 Å². The van der Waals surface area contributed by atoms with Crippen LogP contribution in [0.2, 0.25) is 0 Å². The van der Waals surface area contributed by atoms with Crippen molar-refractivity contribution in [3.63, 3.8) is 0 Å². The average Bonchev–Trinajstić information content (AvgIpc) is 3.55. The standard InChI is InChI=1S/C25H27N3O3/c1-3-13-31-25(29)27-19-9-7-18(8-10-19)24-22(15-26)21-12-11-20(30-4-2)14-23(21)28(24)16-17-5-6-17/h7-12,14,17H,3-6,13,16H2,1-2H3,(H,27,29). The summed E-state index contributed by atoms with van der Waals surface area (Å²) >= 11 is 0. The Morgan fingerprint density at radius 2 is 1.97 bits per heavy atom. The van der Waals surface area contributed by atoms with Crippen molar-refractivity contribution < 1.29 is 14.3 Å². The Morgan fingerprint density at radius 1 is 1.19 bits per heavy atom. The molecular weight excluding hydrogens is 390 g/mol. The van der Waals surface area contributed by atoms with Gasteiger partial charge in [0.1, 0.15) is 11.8 Å². The molecule has 0 saturated heterocycles. The molecule has 4 rings (SSSR count). The van der Waals surface area contributed by atoms with E-state index in [0.717, 1.165) is 40.9 Å². The predicted octanol–water partition coefficient (Wildman–Crippen LogP) is 5.95. The third-order valence-electron chi connectivity index (χ3n) is 5.44. The molecule has 0 unspecified atom stereocenters. The number of hydrogen-bond acceptors (Lipinski definition) is 4. The van der Waals surface area contributed by atoms with E-state index in [1.165, 1.54) is 12.8 Å². The molecule has 0 spiro atoms. The summed E-state index contributed by atoms with van der Waals surface area (Å²) in [6, 6.07) is 15.9. The number of anilines is 1. The molecule has 3 aromatic rings. The third kappa shape index (κ3) is 4.51. The molecule has 1 aromatic heterocycles. The number of carbonyl (C=O) groups is 1. The number of nitrogens with one attached hydrogen (secondary N) is 1. The lowest BCUT2D eigenvalue weighted by molar-refractivity contribution is 0.161. The van der Waals surface area contributed by atoms with Crippen molar-refractivity contribution in [2.75, 3.05) is 18.5 Å². The minimum Gasteiger partial charge on any atom is -0.494 e. The van der Waals surface area contributed by atoms with Gasteiger partial charge in [0.25, 0.3) is 0 Å². The van der Waals surface area contributed by atoms with Crippen LogP contribution >= 0.6 is 0 Å². The van der Waals surface area contributed by atoms with Crippen molar-refractivity contribution in [3.05, 3.63) is 48.0 Å². The summed E-state index contributed by atoms with van der Waals surface area (Å²) in [7, 11) is 0. The van der Waals surface area contributed by atoms with Gasteiger partial charge in [0.05, 0.1) is 30.0 Å². The molecule has 0 radical (unpaired) electrons. The van der Waals surface area contributed by atoms with E-state index >= 15 is 0 Å². The molecule has 1 saturated carbocycles. The molecular formula is C25H27N3O3. The first kappa shape index (κ1) is 20.8. The molecule has 2 aromatic carbocycles. The van der Waals surface area contributed by atoms with Crippen LogP contribution in [-0.2, 0) is 11.3 Å². The van der Waals surface area contributed by atoms with Crippen LogP contribution in [0.3, 0.4) is 0 Å². The summed E-state index contributed by atoms with van der Waals surface area (Å²) in [6.07, 6.45) is 2.75. The van der Waals surface area contributed by atoms with Crippen LogP contribution in [0.4, 0.5) is 10.5 Å². The molecule has 0 atom stereocenters. The normalized spacial score (nSPS) is 13.1. The summed E-state index contributed by atoms with van der Waals surface area (Å²) in [5.74, 6) is 1.46. The topological polar surface area (TPSA) is 76.3 Å². The molecule has 0 aliphatic heterocycles. The molecule has 1 heterocycles. The quantitative estimate of drug-likeness (QED) is 0.491. The van der Waals surface area contributed by atoms with E-state index in [2.05, 4.69) is 16.0 Å². The van der Waals surface area contributed by atoms with Crippen molar-refractivity contribution in [2.24, 2.45) is 5.92 Å². The van der Waals surface area contributed by atoms with Crippen LogP contribution in [0.15, 0.2) is 42.5 Å². The Balaban J connectivity index is 1.73. The molecule has 160 valence electrons. The van der Waals surface area contributed by atoms with Crippen LogP contribution in [0.25, 0.3) is 22.2 Å². The lowest BCUT2D eigenvalue weighted by Gasteiger charge is -2.12. The maximum absolute atomic E-state index is 11.8. The van der Waals surface area contributed by atoms with Crippen LogP contribution in [-0.4, -0.2) is 23.9 Å². The van der Waals surface area contributed by atoms with Crippen molar-refractivity contribution in [1.29, 1.82) is 5.26 Å². The SMILES string of the molecule is CCCOC(=O)Nc1ccc(-c2c(C#N)c3ccc(OCC)cc3n2CC2CC2)cc1. The second-order valence-electron chi connectivity index (χ2n) is 7.84. The second-order valence-corrected chi connectivity index (χ2v) is 7.84. The van der Waals surface area contributed by atoms with Gasteiger partial charge < -0.3 is 14.0 Å². The lowest BCUT2D eigenvalue weighted by Crippen LogP contribution is -2.13. The van der Waals surface area contributed by atoms with E-state index < -0.39 is 6.09 Å². The molecule has 1 aliphatic rings. The minimum absolute atomic E-state index is 0.389. The van der Waals surface area contributed by atoms with Gasteiger partial charge in [0, 0.05) is 23.7 Å². The molecule has 0 bridgehead atoms. The fourth-order valence-corrected chi connectivity index (χ4v) is 3.81. The van der Waals surface area contributed by atoms with E-state index in [0.29, 0.717) is 30.4 Å². The average molecular weight is 418 g/mol. The zero-order chi connectivity index (χ0) is 21.8. The highest BCUT2D eigenvalue weighted by atomic mass is 16.5. The van der Waals surface area contributed by atoms with Gasteiger partial charge in [-0.25, -0.2) is 4.79 Å². The molecule has 1 amide bonds. The largest absolute Gasteiger partial charge is 0.494 e. The third-order valence-corrected chi connectivity index (χ3v) is 5.44. The van der Waals surface area contributed by atoms with E-state index in [1.807, 2.05) is 56.3 Å². The maximum atomic E-state index is 11.8. The zero-order valence-electron chi connectivity index (χ0n) is 18.0. The Morgan fingerprint density at radius 3 is 2.61 bits per heavy atom. The molecule has 1 fully saturated rings. The van der Waals surface area contributed by atoms with Gasteiger partial charge in [-0.2, -0.15) is 5.26 Å². The number of aromatic nitrogens is 1. The number of amides is 1. The molecule has 31 heavy (non-hydrogen) atoms. The maximum Gasteiger partial charge on any atom is 0.411 e. The number of carbonyl (C=O) groups excluding carboxylic acids is 1. The Kier molecular flexibility index (Phi) is 6.13. The Labute approximate surface area is 182 Å². The van der Waals surface area contributed by atoms with Crippen LogP contribution in [0.1, 0.15) is 38.7 Å². The highest BCUT2D eigenvalue weighted by Crippen LogP contribution is 2.39. The monoisotopic (exact) mass is 417 g/mol. The summed E-state index contributed by atoms with van der Waals surface area (Å²) in [4.78, 5) is 11.8. The smallest absolute Gasteiger partial charge is 0.411 e. The van der Waals surface area contributed by atoms with E-state index in [1.54, 1.807) is 0 Å².